The Morgan fingerprint density at radius 3 is 0.446 bits per heavy atom. The number of anilines is 12. The highest BCUT2D eigenvalue weighted by molar-refractivity contribution is 5.91. The van der Waals surface area contributed by atoms with Crippen molar-refractivity contribution in [3.63, 3.8) is 0 Å². The predicted octanol–water partition coefficient (Wildman–Crippen LogP) is 34.5. The minimum atomic E-state index is -0.695. The maximum atomic E-state index is 2.45. The van der Waals surface area contributed by atoms with Crippen molar-refractivity contribution < 1.29 is 0 Å². The van der Waals surface area contributed by atoms with Crippen LogP contribution in [0, 0.1) is 0 Å². The van der Waals surface area contributed by atoms with Crippen molar-refractivity contribution in [2.75, 3.05) is 19.6 Å². The number of fused-ring (bicyclic) bond motifs is 6. The maximum absolute atomic E-state index is 2.45. The van der Waals surface area contributed by atoms with Gasteiger partial charge in [-0.25, -0.2) is 0 Å². The summed E-state index contributed by atoms with van der Waals surface area (Å²) in [5.41, 5.74) is 38.5. The van der Waals surface area contributed by atoms with E-state index in [9.17, 15) is 0 Å². The third-order valence-electron chi connectivity index (χ3n) is 27.2. The van der Waals surface area contributed by atoms with E-state index in [1.54, 1.807) is 0 Å². The SMILES string of the molecule is CC(C)(C)c1ccc(N(c2ccc(-c3ccc(N(c4ccc(C5(c6ccc(N(c7ccc(-c8ccccc8)cc7)c7ccc(C(C)(C)C)cc7)cc6)c6ccccc6-c6ccccc65)cc4)c4ccc(C5(c6ccc(N(c7ccc(-c8ccccc8)cc7)c7ccc(C(C)(C)C)cc7)cc6)c6ccccc6-c6ccccc65)cc4)cc3)cc2)c2ccc(C(C)(C)C)cc2)cc1. The van der Waals surface area contributed by atoms with Crippen molar-refractivity contribution in [1.29, 1.82) is 0 Å². The van der Waals surface area contributed by atoms with Crippen LogP contribution in [0.5, 0.6) is 0 Å². The summed E-state index contributed by atoms with van der Waals surface area (Å²) in [6.07, 6.45) is 0. The van der Waals surface area contributed by atoms with Crippen LogP contribution >= 0.6 is 0 Å². The molecule has 634 valence electrons. The summed E-state index contributed by atoms with van der Waals surface area (Å²) in [5.74, 6) is 0. The molecule has 0 amide bonds. The molecule has 20 rings (SSSR count). The zero-order valence-electron chi connectivity index (χ0n) is 76.5. The molecule has 0 unspecified atom stereocenters. The molecule has 0 fully saturated rings. The summed E-state index contributed by atoms with van der Waals surface area (Å²) in [5, 5.41) is 0. The molecule has 2 aliphatic rings. The Bertz CT molecular complexity index is 6580. The summed E-state index contributed by atoms with van der Waals surface area (Å²) in [6.45, 7) is 27.4. The number of rotatable bonds is 19. The van der Waals surface area contributed by atoms with Gasteiger partial charge < -0.3 is 19.6 Å². The lowest BCUT2D eigenvalue weighted by Gasteiger charge is -2.36. The zero-order chi connectivity index (χ0) is 89.3. The Morgan fingerprint density at radius 1 is 0.138 bits per heavy atom. The first-order chi connectivity index (χ1) is 63.0. The molecule has 0 saturated carbocycles. The van der Waals surface area contributed by atoms with Crippen LogP contribution in [0.2, 0.25) is 0 Å². The molecule has 18 aromatic rings. The topological polar surface area (TPSA) is 13.0 Å². The molecular weight excluding hydrogens is 1570 g/mol. The highest BCUT2D eigenvalue weighted by Gasteiger charge is 2.48. The van der Waals surface area contributed by atoms with Crippen LogP contribution in [0.25, 0.3) is 55.6 Å². The fourth-order valence-corrected chi connectivity index (χ4v) is 20.2. The van der Waals surface area contributed by atoms with E-state index >= 15 is 0 Å². The summed E-state index contributed by atoms with van der Waals surface area (Å²) < 4.78 is 0. The molecule has 4 nitrogen and oxygen atoms in total. The standard InChI is InChI=1S/C126H110N4/c1-121(2,3)93-47-71-105(72-48-93)127(106-73-49-94(50-74-106)122(4,5)6)103-67-43-91(44-68-103)92-45-69-104(70-46-92)130(111-83-59-99(60-84-111)125(117-35-23-19-31-113(117)114-32-20-24-36-118(114)125)97-55-79-109(80-56-97)128(107-75-51-95(52-76-107)123(7,8)9)101-63-39-89(40-64-101)87-27-15-13-16-28-87)112-85-61-100(62-86-112)126(119-37-25-21-33-115(119)116-34-22-26-38-120(116)126)98-57-81-110(82-58-98)129(108-77-53-96(54-78-108)124(10,11)12)102-65-41-90(42-66-102)88-29-17-14-18-30-88/h13-86H,1-12H3. The quantitative estimate of drug-likeness (QED) is 0.0800. The number of hydrogen-bond donors (Lipinski definition) is 0. The Hall–Kier alpha value is -14.8. The van der Waals surface area contributed by atoms with Crippen molar-refractivity contribution in [3.05, 3.63) is 516 Å². The Kier molecular flexibility index (Phi) is 21.4. The number of nitrogens with zero attached hydrogens (tertiary/aromatic N) is 4. The largest absolute Gasteiger partial charge is 0.311 e. The average molecular weight is 1680 g/mol. The molecule has 0 spiro atoms. The van der Waals surface area contributed by atoms with Gasteiger partial charge in [-0.15, -0.1) is 0 Å². The van der Waals surface area contributed by atoms with Gasteiger partial charge in [-0.05, 0) is 290 Å². The van der Waals surface area contributed by atoms with Gasteiger partial charge >= 0.3 is 0 Å². The Balaban J connectivity index is 0.711. The van der Waals surface area contributed by atoms with Crippen molar-refractivity contribution in [2.45, 2.75) is 116 Å². The van der Waals surface area contributed by atoms with Crippen molar-refractivity contribution in [1.82, 2.24) is 0 Å². The normalized spacial score (nSPS) is 13.0. The van der Waals surface area contributed by atoms with E-state index in [4.69, 9.17) is 0 Å². The van der Waals surface area contributed by atoms with Gasteiger partial charge in [-0.1, -0.05) is 386 Å². The summed E-state index contributed by atoms with van der Waals surface area (Å²) in [6, 6.07) is 169. The first-order valence-corrected chi connectivity index (χ1v) is 45.9. The minimum Gasteiger partial charge on any atom is -0.311 e. The molecule has 2 aliphatic carbocycles. The third-order valence-corrected chi connectivity index (χ3v) is 27.2. The van der Waals surface area contributed by atoms with E-state index in [-0.39, 0.29) is 21.7 Å². The fourth-order valence-electron chi connectivity index (χ4n) is 20.2. The summed E-state index contributed by atoms with van der Waals surface area (Å²) in [7, 11) is 0. The molecule has 18 aromatic carbocycles. The molecule has 0 saturated heterocycles. The molecule has 0 bridgehead atoms. The Labute approximate surface area is 769 Å². The molecule has 0 atom stereocenters. The van der Waals surface area contributed by atoms with Gasteiger partial charge in [0.2, 0.25) is 0 Å². The van der Waals surface area contributed by atoms with Crippen molar-refractivity contribution in [2.24, 2.45) is 0 Å². The van der Waals surface area contributed by atoms with Crippen LogP contribution in [0.1, 0.15) is 150 Å². The maximum Gasteiger partial charge on any atom is 0.0713 e. The monoisotopic (exact) mass is 1680 g/mol. The molecule has 0 radical (unpaired) electrons. The summed E-state index contributed by atoms with van der Waals surface area (Å²) in [4.78, 5) is 9.64. The van der Waals surface area contributed by atoms with E-state index in [1.807, 2.05) is 0 Å². The van der Waals surface area contributed by atoms with Gasteiger partial charge in [0.15, 0.2) is 0 Å². The first kappa shape index (κ1) is 83.4. The van der Waals surface area contributed by atoms with Crippen molar-refractivity contribution in [3.8, 4) is 55.6 Å². The smallest absolute Gasteiger partial charge is 0.0713 e. The van der Waals surface area contributed by atoms with Gasteiger partial charge in [0, 0.05) is 68.2 Å². The fraction of sp³-hybridized carbons (Fsp3) is 0.143. The van der Waals surface area contributed by atoms with Crippen LogP contribution in [0.15, 0.2) is 449 Å². The highest BCUT2D eigenvalue weighted by Crippen LogP contribution is 2.60. The van der Waals surface area contributed by atoms with Crippen LogP contribution < -0.4 is 19.6 Å². The van der Waals surface area contributed by atoms with Gasteiger partial charge in [-0.2, -0.15) is 0 Å². The summed E-state index contributed by atoms with van der Waals surface area (Å²) >= 11 is 0. The van der Waals surface area contributed by atoms with E-state index in [0.717, 1.165) is 79.4 Å². The van der Waals surface area contributed by atoms with Crippen LogP contribution in [-0.4, -0.2) is 0 Å². The second-order valence-electron chi connectivity index (χ2n) is 39.3. The highest BCUT2D eigenvalue weighted by atomic mass is 15.2. The lowest BCUT2D eigenvalue weighted by molar-refractivity contribution is 0.590. The van der Waals surface area contributed by atoms with Crippen LogP contribution in [-0.2, 0) is 32.5 Å². The van der Waals surface area contributed by atoms with E-state index < -0.39 is 10.8 Å². The van der Waals surface area contributed by atoms with Gasteiger partial charge in [0.1, 0.15) is 0 Å². The average Bonchev–Trinajstić information content (AvgIpc) is 1.54. The molecule has 0 heterocycles. The molecule has 0 aromatic heterocycles. The molecule has 4 heteroatoms. The van der Waals surface area contributed by atoms with Crippen LogP contribution in [0.4, 0.5) is 68.2 Å². The first-order valence-electron chi connectivity index (χ1n) is 45.9. The number of hydrogen-bond acceptors (Lipinski definition) is 4. The van der Waals surface area contributed by atoms with Crippen molar-refractivity contribution >= 4 is 68.2 Å². The molecule has 0 N–H and O–H groups in total. The van der Waals surface area contributed by atoms with Gasteiger partial charge in [-0.3, -0.25) is 0 Å². The van der Waals surface area contributed by atoms with E-state index in [2.05, 4.69) is 552 Å². The minimum absolute atomic E-state index is 0.000242. The van der Waals surface area contributed by atoms with E-state index in [1.165, 1.54) is 111 Å². The second-order valence-corrected chi connectivity index (χ2v) is 39.3. The van der Waals surface area contributed by atoms with Crippen LogP contribution in [0.3, 0.4) is 0 Å². The number of benzene rings is 18. The van der Waals surface area contributed by atoms with Gasteiger partial charge in [0.25, 0.3) is 0 Å². The van der Waals surface area contributed by atoms with Gasteiger partial charge in [0.05, 0.1) is 10.8 Å². The molecule has 130 heavy (non-hydrogen) atoms. The zero-order valence-corrected chi connectivity index (χ0v) is 76.5. The second kappa shape index (κ2) is 33.4. The molecule has 0 aliphatic heterocycles. The predicted molar refractivity (Wildman–Crippen MR) is 551 cm³/mol. The third kappa shape index (κ3) is 15.3. The Morgan fingerprint density at radius 2 is 0.277 bits per heavy atom. The lowest BCUT2D eigenvalue weighted by Crippen LogP contribution is -2.29. The van der Waals surface area contributed by atoms with E-state index in [0.29, 0.717) is 0 Å². The molecular formula is C126H110N4. The lowest BCUT2D eigenvalue weighted by atomic mass is 9.67.